The molecule has 26 heteroatoms. The molecule has 4 aliphatic heterocycles. The first-order valence-electron chi connectivity index (χ1n) is 29.5. The molecule has 30 atom stereocenters. The average molecular weight is 1210 g/mol. The highest BCUT2D eigenvalue weighted by Crippen LogP contribution is 2.76. The number of aliphatic hydroxyl groups is 14. The van der Waals surface area contributed by atoms with Gasteiger partial charge in [0.05, 0.1) is 50.2 Å². The highest BCUT2D eigenvalue weighted by Gasteiger charge is 2.75. The normalized spacial score (nSPS) is 51.9. The van der Waals surface area contributed by atoms with Crippen LogP contribution in [-0.4, -0.2) is 256 Å². The van der Waals surface area contributed by atoms with E-state index in [1.54, 1.807) is 19.9 Å². The molecule has 5 aliphatic carbocycles. The molecule has 15 N–H and O–H groups in total. The first-order valence-corrected chi connectivity index (χ1v) is 29.5. The van der Waals surface area contributed by atoms with E-state index in [0.29, 0.717) is 44.1 Å². The number of aliphatic hydroxyl groups excluding tert-OH is 14. The van der Waals surface area contributed by atoms with Gasteiger partial charge < -0.3 is 119 Å². The summed E-state index contributed by atoms with van der Waals surface area (Å²) in [5, 5.41) is 167. The standard InChI is InChI=1S/C58H92O26/c1-10-23(2)48(75)79-32-18-53(3,4)17-25-24-11-12-30-55(7)15-14-31(54(5,6)29(55)13-16-56(30,8)57(24,9)45(71)46(72)58(25,32)22-61)80-52-44(84-50-39(69)37(67)35(65)28(20-60)78-50)41(40(70)42(82-52)47(73)74)81-51-43(33(63)26(62)21-76-51)83-49-38(68)36(66)34(64)27(19-59)77-49/h10-11,25-46,49-52,59-72H,12-22H2,1-9H3,(H,73,74)/b23-10-/t25-,26+,27+,28+,29-,30+,31-,32-,33-,34+,35-,36-,37-,38+,39+,40-,41-,42-,43+,44+,45-,46+,49-,50-,51-,52+,55-,56+,57-,58+/m0/s1. The number of ether oxygens (including phenoxy) is 9. The molecule has 0 spiro atoms. The van der Waals surface area contributed by atoms with E-state index in [-0.39, 0.29) is 18.3 Å². The number of allylic oxidation sites excluding steroid dienone is 2. The summed E-state index contributed by atoms with van der Waals surface area (Å²) in [5.74, 6) is -3.04. The SMILES string of the molecule is C/C=C(/C)C(=O)O[C@H]1CC(C)(C)C[C@H]2C3=CC[C@@H]4[C@@]5(C)CC[C@H](O[C@@H]6O[C@H](C(=O)O)[C@@H](O)[C@H](O[C@@H]7OC[C@@H](O)[C@H](O)[C@H]7O[C@@H]7O[C@H](CO)[C@@H](O)[C@H](O)[C@H]7O)[C@H]6O[C@@H]6O[C@H](CO)[C@H](O)[C@H](O)[C@H]6O)C(C)(C)[C@@H]5CC[C@@]4(C)[C@]3(C)[C@@H](O)[C@@H](O)[C@@]12CO. The van der Waals surface area contributed by atoms with Crippen LogP contribution in [0.25, 0.3) is 0 Å². The first-order chi connectivity index (χ1) is 39.2. The van der Waals surface area contributed by atoms with Crippen molar-refractivity contribution in [2.45, 2.75) is 248 Å². The molecular weight excluding hydrogens is 1110 g/mol. The predicted molar refractivity (Wildman–Crippen MR) is 285 cm³/mol. The summed E-state index contributed by atoms with van der Waals surface area (Å²) >= 11 is 0. The Hall–Kier alpha value is -2.46. The van der Waals surface area contributed by atoms with Gasteiger partial charge in [0.2, 0.25) is 0 Å². The third kappa shape index (κ3) is 10.6. The molecule has 4 saturated carbocycles. The lowest BCUT2D eigenvalue weighted by Crippen LogP contribution is -2.74. The van der Waals surface area contributed by atoms with Crippen LogP contribution in [0.3, 0.4) is 0 Å². The van der Waals surface area contributed by atoms with Gasteiger partial charge in [-0.25, -0.2) is 9.59 Å². The second kappa shape index (κ2) is 24.1. The maximum Gasteiger partial charge on any atom is 0.335 e. The van der Waals surface area contributed by atoms with Crippen LogP contribution < -0.4 is 0 Å². The lowest BCUT2D eigenvalue weighted by Gasteiger charge is -2.73. The van der Waals surface area contributed by atoms with Crippen LogP contribution in [0.1, 0.15) is 107 Å². The molecule has 0 radical (unpaired) electrons. The Labute approximate surface area is 487 Å². The Balaban J connectivity index is 1.04. The van der Waals surface area contributed by atoms with Crippen molar-refractivity contribution in [3.63, 3.8) is 0 Å². The number of carboxylic acid groups (broad SMARTS) is 1. The average Bonchev–Trinajstić information content (AvgIpc) is 0.677. The molecule has 4 heterocycles. The topological polar surface area (TPSA) is 421 Å². The van der Waals surface area contributed by atoms with Gasteiger partial charge in [-0.2, -0.15) is 0 Å². The van der Waals surface area contributed by atoms with E-state index in [4.69, 9.17) is 42.6 Å². The van der Waals surface area contributed by atoms with Crippen molar-refractivity contribution >= 4 is 11.9 Å². The summed E-state index contributed by atoms with van der Waals surface area (Å²) in [7, 11) is 0. The third-order valence-electron chi connectivity index (χ3n) is 22.2. The van der Waals surface area contributed by atoms with Crippen LogP contribution in [0.5, 0.6) is 0 Å². The van der Waals surface area contributed by atoms with E-state index in [9.17, 15) is 86.2 Å². The van der Waals surface area contributed by atoms with E-state index in [2.05, 4.69) is 33.8 Å². The zero-order valence-corrected chi connectivity index (χ0v) is 49.1. The minimum atomic E-state index is -2.25. The zero-order valence-electron chi connectivity index (χ0n) is 49.1. The monoisotopic (exact) mass is 1200 g/mol. The van der Waals surface area contributed by atoms with Crippen molar-refractivity contribution < 1.29 is 129 Å². The van der Waals surface area contributed by atoms with Gasteiger partial charge in [0, 0.05) is 11.0 Å². The summed E-state index contributed by atoms with van der Waals surface area (Å²) in [4.78, 5) is 26.6. The van der Waals surface area contributed by atoms with E-state index >= 15 is 0 Å². The number of carbonyl (C=O) groups excluding carboxylic acids is 1. The fourth-order valence-electron chi connectivity index (χ4n) is 17.1. The fourth-order valence-corrected chi connectivity index (χ4v) is 17.1. The van der Waals surface area contributed by atoms with Crippen LogP contribution in [0.15, 0.2) is 23.3 Å². The molecule has 0 aromatic carbocycles. The molecular formula is C58H92O26. The number of rotatable bonds is 14. The Morgan fingerprint density at radius 1 is 0.631 bits per heavy atom. The van der Waals surface area contributed by atoms with Gasteiger partial charge in [-0.15, -0.1) is 0 Å². The maximum atomic E-state index is 13.5. The second-order valence-electron chi connectivity index (χ2n) is 27.5. The van der Waals surface area contributed by atoms with Crippen LogP contribution in [-0.2, 0) is 52.2 Å². The lowest BCUT2D eigenvalue weighted by molar-refractivity contribution is -0.401. The highest BCUT2D eigenvalue weighted by atomic mass is 16.8. The predicted octanol–water partition coefficient (Wildman–Crippen LogP) is -2.40. The summed E-state index contributed by atoms with van der Waals surface area (Å²) < 4.78 is 54.9. The van der Waals surface area contributed by atoms with Gasteiger partial charge in [0.25, 0.3) is 0 Å². The van der Waals surface area contributed by atoms with Crippen molar-refractivity contribution in [3.05, 3.63) is 23.3 Å². The van der Waals surface area contributed by atoms with E-state index in [1.165, 1.54) is 0 Å². The Bertz CT molecular complexity index is 2420. The number of fused-ring (bicyclic) bond motifs is 7. The molecule has 480 valence electrons. The molecule has 8 fully saturated rings. The number of aliphatic carboxylic acids is 1. The number of carbonyl (C=O) groups is 2. The van der Waals surface area contributed by atoms with Crippen molar-refractivity contribution in [3.8, 4) is 0 Å². The van der Waals surface area contributed by atoms with E-state index in [0.717, 1.165) is 5.57 Å². The molecule has 0 aromatic heterocycles. The van der Waals surface area contributed by atoms with Gasteiger partial charge in [0.1, 0.15) is 91.6 Å². The minimum Gasteiger partial charge on any atom is -0.479 e. The molecule has 0 amide bonds. The molecule has 0 bridgehead atoms. The van der Waals surface area contributed by atoms with Crippen LogP contribution >= 0.6 is 0 Å². The van der Waals surface area contributed by atoms with Crippen molar-refractivity contribution in [2.75, 3.05) is 26.4 Å². The molecule has 84 heavy (non-hydrogen) atoms. The van der Waals surface area contributed by atoms with E-state index < -0.39 is 218 Å². The quantitative estimate of drug-likeness (QED) is 0.0373. The van der Waals surface area contributed by atoms with Gasteiger partial charge >= 0.3 is 11.9 Å². The molecule has 9 rings (SSSR count). The summed E-state index contributed by atoms with van der Waals surface area (Å²) in [5.41, 5.74) is -3.54. The lowest BCUT2D eigenvalue weighted by atomic mass is 9.32. The molecule has 26 nitrogen and oxygen atoms in total. The summed E-state index contributed by atoms with van der Waals surface area (Å²) in [6.07, 6.45) is -33.9. The van der Waals surface area contributed by atoms with Gasteiger partial charge in [-0.05, 0) is 98.2 Å². The summed E-state index contributed by atoms with van der Waals surface area (Å²) in [6, 6.07) is 0. The number of carboxylic acids is 1. The number of hydrogen-bond acceptors (Lipinski definition) is 25. The van der Waals surface area contributed by atoms with Gasteiger partial charge in [-0.1, -0.05) is 66.2 Å². The van der Waals surface area contributed by atoms with Crippen LogP contribution in [0.2, 0.25) is 0 Å². The van der Waals surface area contributed by atoms with Crippen molar-refractivity contribution in [1.82, 2.24) is 0 Å². The smallest absolute Gasteiger partial charge is 0.335 e. The number of esters is 1. The van der Waals surface area contributed by atoms with Gasteiger partial charge in [-0.3, -0.25) is 0 Å². The Morgan fingerprint density at radius 2 is 1.21 bits per heavy atom. The zero-order chi connectivity index (χ0) is 61.9. The Morgan fingerprint density at radius 3 is 1.77 bits per heavy atom. The molecule has 4 saturated heterocycles. The van der Waals surface area contributed by atoms with Crippen molar-refractivity contribution in [1.29, 1.82) is 0 Å². The molecule has 9 aliphatic rings. The van der Waals surface area contributed by atoms with E-state index in [1.807, 2.05) is 20.8 Å². The highest BCUT2D eigenvalue weighted by molar-refractivity contribution is 5.87. The van der Waals surface area contributed by atoms with Gasteiger partial charge in [0.15, 0.2) is 31.3 Å². The van der Waals surface area contributed by atoms with Crippen LogP contribution in [0, 0.1) is 50.2 Å². The fraction of sp³-hybridized carbons (Fsp3) is 0.897. The summed E-state index contributed by atoms with van der Waals surface area (Å²) in [6.45, 7) is 15.0. The molecule has 0 unspecified atom stereocenters. The third-order valence-corrected chi connectivity index (χ3v) is 22.2. The second-order valence-corrected chi connectivity index (χ2v) is 27.5. The van der Waals surface area contributed by atoms with Crippen LogP contribution in [0.4, 0.5) is 0 Å². The minimum absolute atomic E-state index is 0.121. The number of hydrogen-bond donors (Lipinski definition) is 15. The van der Waals surface area contributed by atoms with Crippen molar-refractivity contribution in [2.24, 2.45) is 50.2 Å². The first kappa shape index (κ1) is 66.0. The Kier molecular flexibility index (Phi) is 18.9. The molecule has 0 aromatic rings. The largest absolute Gasteiger partial charge is 0.479 e. The maximum absolute atomic E-state index is 13.5.